The summed E-state index contributed by atoms with van der Waals surface area (Å²) in [5.74, 6) is 0.0392. The number of carbonyl (C=O) groups excluding carboxylic acids is 1. The molecule has 0 fully saturated rings. The van der Waals surface area contributed by atoms with Gasteiger partial charge in [-0.05, 0) is 87.2 Å². The third kappa shape index (κ3) is 8.09. The number of para-hydroxylation sites is 1. The molecule has 1 atom stereocenters. The maximum Gasteiger partial charge on any atom is 0.323 e. The van der Waals surface area contributed by atoms with Gasteiger partial charge in [-0.15, -0.1) is 0 Å². The fourth-order valence-corrected chi connectivity index (χ4v) is 5.69. The van der Waals surface area contributed by atoms with Crippen molar-refractivity contribution in [3.63, 3.8) is 0 Å². The van der Waals surface area contributed by atoms with Crippen LogP contribution >= 0.6 is 34.8 Å². The molecule has 1 heterocycles. The summed E-state index contributed by atoms with van der Waals surface area (Å²) in [4.78, 5) is 25.8. The van der Waals surface area contributed by atoms with Crippen molar-refractivity contribution in [2.45, 2.75) is 52.7 Å². The quantitative estimate of drug-likeness (QED) is 0.123. The molecule has 1 aromatic heterocycles. The summed E-state index contributed by atoms with van der Waals surface area (Å²) < 4.78 is 27.0. The number of hydrogen-bond acceptors (Lipinski definition) is 5. The van der Waals surface area contributed by atoms with Crippen molar-refractivity contribution < 1.29 is 18.7 Å². The molecule has 0 aliphatic carbocycles. The zero-order valence-corrected chi connectivity index (χ0v) is 26.7. The summed E-state index contributed by atoms with van der Waals surface area (Å²) >= 11 is 19.5. The normalized spacial score (nSPS) is 12.2. The molecule has 4 rings (SSSR count). The van der Waals surface area contributed by atoms with Crippen molar-refractivity contribution in [1.29, 1.82) is 0 Å². The zero-order valence-electron chi connectivity index (χ0n) is 24.4. The Labute approximate surface area is 265 Å². The van der Waals surface area contributed by atoms with Crippen molar-refractivity contribution in [3.05, 3.63) is 91.9 Å². The highest BCUT2D eigenvalue weighted by molar-refractivity contribution is 6.38. The summed E-state index contributed by atoms with van der Waals surface area (Å²) in [6.07, 6.45) is 1.05. The van der Waals surface area contributed by atoms with Crippen molar-refractivity contribution in [2.75, 3.05) is 13.2 Å². The molecular formula is C33H34Cl3FN2O4. The molecule has 0 aliphatic rings. The van der Waals surface area contributed by atoms with Gasteiger partial charge in [0.2, 0.25) is 0 Å². The van der Waals surface area contributed by atoms with E-state index in [1.165, 1.54) is 22.8 Å². The van der Waals surface area contributed by atoms with Gasteiger partial charge in [-0.1, -0.05) is 54.7 Å². The predicted molar refractivity (Wildman–Crippen MR) is 173 cm³/mol. The van der Waals surface area contributed by atoms with E-state index in [1.54, 1.807) is 42.5 Å². The monoisotopic (exact) mass is 646 g/mol. The Balaban J connectivity index is 1.68. The van der Waals surface area contributed by atoms with Gasteiger partial charge >= 0.3 is 5.97 Å². The van der Waals surface area contributed by atoms with Gasteiger partial charge in [0.05, 0.1) is 39.0 Å². The van der Waals surface area contributed by atoms with Crippen molar-refractivity contribution in [2.24, 2.45) is 5.92 Å². The van der Waals surface area contributed by atoms with Crippen molar-refractivity contribution >= 4 is 51.7 Å². The van der Waals surface area contributed by atoms with Crippen molar-refractivity contribution in [3.8, 4) is 22.6 Å². The third-order valence-corrected chi connectivity index (χ3v) is 7.61. The number of pyridine rings is 1. The SMILES string of the molecule is CC(C)C[C@H](NCCCOc1cc(-c2ccc(F)cc2Cl)c2ccc(=O)n(-c3c(Cl)cccc3Cl)c2c1)C(=O)OC(C)C. The van der Waals surface area contributed by atoms with Gasteiger partial charge in [0, 0.05) is 23.1 Å². The smallest absolute Gasteiger partial charge is 0.323 e. The molecular weight excluding hydrogens is 614 g/mol. The van der Waals surface area contributed by atoms with Crippen LogP contribution in [-0.2, 0) is 9.53 Å². The summed E-state index contributed by atoms with van der Waals surface area (Å²) in [5.41, 5.74) is 1.69. The fraction of sp³-hybridized carbons (Fsp3) is 0.333. The largest absolute Gasteiger partial charge is 0.493 e. The lowest BCUT2D eigenvalue weighted by molar-refractivity contribution is -0.150. The summed E-state index contributed by atoms with van der Waals surface area (Å²) in [6, 6.07) is 15.4. The Morgan fingerprint density at radius 1 is 0.930 bits per heavy atom. The highest BCUT2D eigenvalue weighted by atomic mass is 35.5. The van der Waals surface area contributed by atoms with Crippen LogP contribution < -0.4 is 15.6 Å². The lowest BCUT2D eigenvalue weighted by Crippen LogP contribution is -2.40. The molecule has 0 radical (unpaired) electrons. The third-order valence-electron chi connectivity index (χ3n) is 6.69. The number of rotatable bonds is 12. The number of fused-ring (bicyclic) bond motifs is 1. The molecule has 1 N–H and O–H groups in total. The van der Waals surface area contributed by atoms with Gasteiger partial charge < -0.3 is 14.8 Å². The minimum absolute atomic E-state index is 0.193. The van der Waals surface area contributed by atoms with Crippen LogP contribution in [0.3, 0.4) is 0 Å². The molecule has 0 spiro atoms. The number of benzene rings is 3. The van der Waals surface area contributed by atoms with Crippen LogP contribution in [0.4, 0.5) is 4.39 Å². The minimum Gasteiger partial charge on any atom is -0.493 e. The van der Waals surface area contributed by atoms with Crippen LogP contribution in [0.25, 0.3) is 27.7 Å². The summed E-state index contributed by atoms with van der Waals surface area (Å²) in [5, 5.41) is 4.76. The fourth-order valence-electron chi connectivity index (χ4n) is 4.85. The number of aromatic nitrogens is 1. The number of hydrogen-bond donors (Lipinski definition) is 1. The molecule has 43 heavy (non-hydrogen) atoms. The lowest BCUT2D eigenvalue weighted by Gasteiger charge is -2.21. The van der Waals surface area contributed by atoms with E-state index in [9.17, 15) is 14.0 Å². The van der Waals surface area contributed by atoms with Crippen LogP contribution in [-0.4, -0.2) is 35.8 Å². The Morgan fingerprint density at radius 3 is 2.30 bits per heavy atom. The Kier molecular flexibility index (Phi) is 11.1. The molecule has 0 unspecified atom stereocenters. The number of nitrogens with zero attached hydrogens (tertiary/aromatic N) is 1. The summed E-state index contributed by atoms with van der Waals surface area (Å²) in [6.45, 7) is 8.60. The molecule has 3 aromatic carbocycles. The van der Waals surface area contributed by atoms with E-state index in [0.717, 1.165) is 0 Å². The number of carbonyl (C=O) groups is 1. The second kappa shape index (κ2) is 14.6. The maximum atomic E-state index is 13.9. The van der Waals surface area contributed by atoms with E-state index in [2.05, 4.69) is 19.2 Å². The lowest BCUT2D eigenvalue weighted by atomic mass is 9.99. The average Bonchev–Trinajstić information content (AvgIpc) is 2.92. The van der Waals surface area contributed by atoms with Crippen LogP contribution in [0.15, 0.2) is 65.5 Å². The van der Waals surface area contributed by atoms with E-state index in [-0.39, 0.29) is 22.7 Å². The van der Waals surface area contributed by atoms with Gasteiger partial charge in [-0.25, -0.2) is 4.39 Å². The highest BCUT2D eigenvalue weighted by Gasteiger charge is 2.22. The number of nitrogens with one attached hydrogen (secondary N) is 1. The standard InChI is InChI=1S/C33H34Cl3FN2O4/c1-19(2)15-29(33(41)43-20(3)4)38-13-6-14-42-22-17-25(23-10-9-21(37)16-28(23)36)24-11-12-31(40)39(30(24)18-22)32-26(34)7-5-8-27(32)35/h5,7-12,16-20,29,38H,6,13-15H2,1-4H3/t29-/m0/s1. The first-order valence-corrected chi connectivity index (χ1v) is 15.3. The molecule has 0 saturated carbocycles. The average molecular weight is 648 g/mol. The predicted octanol–water partition coefficient (Wildman–Crippen LogP) is 8.48. The number of esters is 1. The zero-order chi connectivity index (χ0) is 31.3. The Hall–Kier alpha value is -3.10. The Bertz CT molecular complexity index is 1650. The van der Waals surface area contributed by atoms with Crippen molar-refractivity contribution in [1.82, 2.24) is 9.88 Å². The molecule has 0 saturated heterocycles. The van der Waals surface area contributed by atoms with Crippen LogP contribution in [0.1, 0.15) is 40.5 Å². The Morgan fingerprint density at radius 2 is 1.65 bits per heavy atom. The van der Waals surface area contributed by atoms with E-state index in [0.29, 0.717) is 75.4 Å². The van der Waals surface area contributed by atoms with Gasteiger partial charge in [-0.3, -0.25) is 14.2 Å². The topological polar surface area (TPSA) is 69.6 Å². The van der Waals surface area contributed by atoms with Crippen LogP contribution in [0.2, 0.25) is 15.1 Å². The van der Waals surface area contributed by atoms with E-state index >= 15 is 0 Å². The molecule has 228 valence electrons. The van der Waals surface area contributed by atoms with E-state index < -0.39 is 11.9 Å². The molecule has 6 nitrogen and oxygen atoms in total. The van der Waals surface area contributed by atoms with Crippen LogP contribution in [0, 0.1) is 11.7 Å². The minimum atomic E-state index is -0.467. The second-order valence-electron chi connectivity index (χ2n) is 10.9. The molecule has 0 amide bonds. The van der Waals surface area contributed by atoms with E-state index in [4.69, 9.17) is 44.3 Å². The molecule has 0 bridgehead atoms. The highest BCUT2D eigenvalue weighted by Crippen LogP contribution is 2.38. The molecule has 10 heteroatoms. The molecule has 0 aliphatic heterocycles. The second-order valence-corrected chi connectivity index (χ2v) is 12.2. The van der Waals surface area contributed by atoms with Gasteiger partial charge in [-0.2, -0.15) is 0 Å². The summed E-state index contributed by atoms with van der Waals surface area (Å²) in [7, 11) is 0. The first kappa shape index (κ1) is 32.8. The first-order valence-electron chi connectivity index (χ1n) is 14.1. The van der Waals surface area contributed by atoms with Gasteiger partial charge in [0.25, 0.3) is 5.56 Å². The van der Waals surface area contributed by atoms with E-state index in [1.807, 2.05) is 13.8 Å². The van der Waals surface area contributed by atoms with Gasteiger partial charge in [0.15, 0.2) is 0 Å². The van der Waals surface area contributed by atoms with Crippen LogP contribution in [0.5, 0.6) is 5.75 Å². The maximum absolute atomic E-state index is 13.9. The first-order chi connectivity index (χ1) is 20.5. The number of ether oxygens (including phenoxy) is 2. The van der Waals surface area contributed by atoms with Gasteiger partial charge in [0.1, 0.15) is 17.6 Å². The molecule has 4 aromatic rings. The number of halogens is 4.